The summed E-state index contributed by atoms with van der Waals surface area (Å²) in [4.78, 5) is 15.6. The molecule has 23 heavy (non-hydrogen) atoms. The van der Waals surface area contributed by atoms with Crippen LogP contribution in [0.15, 0.2) is 60.3 Å². The number of hydrogen-bond acceptors (Lipinski definition) is 2. The fourth-order valence-electron chi connectivity index (χ4n) is 2.69. The number of carbonyl (C=O) groups excluding carboxylic acids is 1. The zero-order valence-electron chi connectivity index (χ0n) is 13.6. The molecule has 0 aliphatic rings. The number of H-pyrrole nitrogens is 1. The molecule has 1 heterocycles. The summed E-state index contributed by atoms with van der Waals surface area (Å²) in [5, 5.41) is 4.50. The van der Waals surface area contributed by atoms with Crippen molar-refractivity contribution in [1.82, 2.24) is 4.98 Å². The zero-order valence-corrected chi connectivity index (χ0v) is 13.6. The number of allylic oxidation sites excluding steroid dienone is 2. The zero-order chi connectivity index (χ0) is 16.4. The second kappa shape index (κ2) is 6.13. The third-order valence-corrected chi connectivity index (χ3v) is 4.06. The van der Waals surface area contributed by atoms with Gasteiger partial charge in [-0.25, -0.2) is 0 Å². The molecule has 3 nitrogen and oxygen atoms in total. The number of benzene rings is 2. The Morgan fingerprint density at radius 3 is 2.57 bits per heavy atom. The number of hydrogen-bond donors (Lipinski definition) is 2. The van der Waals surface area contributed by atoms with Crippen LogP contribution in [-0.2, 0) is 0 Å². The molecule has 0 atom stereocenters. The van der Waals surface area contributed by atoms with E-state index < -0.39 is 0 Å². The van der Waals surface area contributed by atoms with Gasteiger partial charge in [0, 0.05) is 39.6 Å². The van der Waals surface area contributed by atoms with E-state index in [9.17, 15) is 4.79 Å². The molecule has 3 aromatic rings. The number of carbonyl (C=O) groups is 1. The van der Waals surface area contributed by atoms with E-state index in [0.717, 1.165) is 16.9 Å². The summed E-state index contributed by atoms with van der Waals surface area (Å²) >= 11 is 0. The number of fused-ring (bicyclic) bond motifs is 1. The standard InChI is InChI=1S/C20H20N2O/c1-13(11-20(23)16-7-5-4-6-8-16)21-17-9-10-19-18(12-17)14(2)15(3)22-19/h4-12,21-22H,1-3H3. The monoisotopic (exact) mass is 304 g/mol. The lowest BCUT2D eigenvalue weighted by Crippen LogP contribution is -2.01. The van der Waals surface area contributed by atoms with Crippen LogP contribution in [0.4, 0.5) is 5.69 Å². The van der Waals surface area contributed by atoms with Gasteiger partial charge >= 0.3 is 0 Å². The van der Waals surface area contributed by atoms with E-state index in [1.165, 1.54) is 16.6 Å². The quantitative estimate of drug-likeness (QED) is 0.527. The lowest BCUT2D eigenvalue weighted by molar-refractivity contribution is 0.104. The van der Waals surface area contributed by atoms with Gasteiger partial charge in [0.1, 0.15) is 0 Å². The molecular formula is C20H20N2O. The van der Waals surface area contributed by atoms with Gasteiger partial charge in [0.15, 0.2) is 5.78 Å². The largest absolute Gasteiger partial charge is 0.359 e. The highest BCUT2D eigenvalue weighted by Crippen LogP contribution is 2.25. The number of aryl methyl sites for hydroxylation is 2. The maximum Gasteiger partial charge on any atom is 0.187 e. The number of nitrogens with one attached hydrogen (secondary N) is 2. The van der Waals surface area contributed by atoms with Crippen molar-refractivity contribution in [3.05, 3.63) is 77.1 Å². The third kappa shape index (κ3) is 3.19. The molecule has 0 aliphatic heterocycles. The second-order valence-electron chi connectivity index (χ2n) is 5.82. The Balaban J connectivity index is 1.82. The van der Waals surface area contributed by atoms with Crippen LogP contribution in [0.25, 0.3) is 10.9 Å². The van der Waals surface area contributed by atoms with Crippen LogP contribution in [0.2, 0.25) is 0 Å². The predicted octanol–water partition coefficient (Wildman–Crippen LogP) is 4.98. The van der Waals surface area contributed by atoms with Crippen molar-refractivity contribution in [3.8, 4) is 0 Å². The fraction of sp³-hybridized carbons (Fsp3) is 0.150. The molecule has 3 rings (SSSR count). The van der Waals surface area contributed by atoms with Crippen LogP contribution >= 0.6 is 0 Å². The summed E-state index contributed by atoms with van der Waals surface area (Å²) < 4.78 is 0. The van der Waals surface area contributed by atoms with Gasteiger partial charge in [0.25, 0.3) is 0 Å². The second-order valence-corrected chi connectivity index (χ2v) is 5.82. The van der Waals surface area contributed by atoms with E-state index >= 15 is 0 Å². The molecule has 0 spiro atoms. The number of rotatable bonds is 4. The van der Waals surface area contributed by atoms with Crippen LogP contribution in [0.1, 0.15) is 28.5 Å². The smallest absolute Gasteiger partial charge is 0.187 e. The molecule has 2 aromatic carbocycles. The fourth-order valence-corrected chi connectivity index (χ4v) is 2.69. The van der Waals surface area contributed by atoms with E-state index in [4.69, 9.17) is 0 Å². The Bertz CT molecular complexity index is 889. The molecule has 2 N–H and O–H groups in total. The topological polar surface area (TPSA) is 44.9 Å². The first-order chi connectivity index (χ1) is 11.0. The predicted molar refractivity (Wildman–Crippen MR) is 95.9 cm³/mol. The first-order valence-corrected chi connectivity index (χ1v) is 7.68. The molecule has 0 aliphatic carbocycles. The van der Waals surface area contributed by atoms with Gasteiger partial charge in [-0.15, -0.1) is 0 Å². The normalized spacial score (nSPS) is 11.7. The van der Waals surface area contributed by atoms with E-state index in [-0.39, 0.29) is 5.78 Å². The average molecular weight is 304 g/mol. The van der Waals surface area contributed by atoms with Crippen molar-refractivity contribution in [2.75, 3.05) is 5.32 Å². The van der Waals surface area contributed by atoms with E-state index in [2.05, 4.69) is 36.3 Å². The third-order valence-electron chi connectivity index (χ3n) is 4.06. The SMILES string of the molecule is CC(=CC(=O)c1ccccc1)Nc1ccc2[nH]c(C)c(C)c2c1. The van der Waals surface area contributed by atoms with E-state index in [0.29, 0.717) is 5.56 Å². The molecule has 3 heteroatoms. The minimum Gasteiger partial charge on any atom is -0.359 e. The number of aromatic nitrogens is 1. The summed E-state index contributed by atoms with van der Waals surface area (Å²) in [6.45, 7) is 6.09. The highest BCUT2D eigenvalue weighted by molar-refractivity contribution is 6.05. The Morgan fingerprint density at radius 2 is 1.83 bits per heavy atom. The Hall–Kier alpha value is -2.81. The molecule has 0 saturated carbocycles. The number of ketones is 1. The Kier molecular flexibility index (Phi) is 4.02. The maximum atomic E-state index is 12.2. The first-order valence-electron chi connectivity index (χ1n) is 7.68. The molecular weight excluding hydrogens is 284 g/mol. The van der Waals surface area contributed by atoms with Gasteiger partial charge in [-0.1, -0.05) is 30.3 Å². The molecule has 0 bridgehead atoms. The van der Waals surface area contributed by atoms with Crippen molar-refractivity contribution < 1.29 is 4.79 Å². The number of anilines is 1. The summed E-state index contributed by atoms with van der Waals surface area (Å²) in [6, 6.07) is 15.5. The van der Waals surface area contributed by atoms with Crippen molar-refractivity contribution >= 4 is 22.4 Å². The summed E-state index contributed by atoms with van der Waals surface area (Å²) in [6.07, 6.45) is 1.63. The molecule has 0 saturated heterocycles. The average Bonchev–Trinajstić information content (AvgIpc) is 2.83. The van der Waals surface area contributed by atoms with E-state index in [1.807, 2.05) is 43.3 Å². The van der Waals surface area contributed by atoms with Crippen molar-refractivity contribution in [1.29, 1.82) is 0 Å². The van der Waals surface area contributed by atoms with E-state index in [1.54, 1.807) is 6.08 Å². The maximum absolute atomic E-state index is 12.2. The lowest BCUT2D eigenvalue weighted by atomic mass is 10.1. The van der Waals surface area contributed by atoms with Crippen LogP contribution < -0.4 is 5.32 Å². The van der Waals surface area contributed by atoms with Gasteiger partial charge in [-0.2, -0.15) is 0 Å². The molecule has 0 fully saturated rings. The van der Waals surface area contributed by atoms with Crippen LogP contribution in [-0.4, -0.2) is 10.8 Å². The summed E-state index contributed by atoms with van der Waals surface area (Å²) in [5.74, 6) is 0.00495. The van der Waals surface area contributed by atoms with Gasteiger partial charge < -0.3 is 10.3 Å². The van der Waals surface area contributed by atoms with Crippen molar-refractivity contribution in [2.24, 2.45) is 0 Å². The Morgan fingerprint density at radius 1 is 1.09 bits per heavy atom. The molecule has 0 unspecified atom stereocenters. The highest BCUT2D eigenvalue weighted by atomic mass is 16.1. The van der Waals surface area contributed by atoms with Crippen LogP contribution in [0, 0.1) is 13.8 Å². The minimum atomic E-state index is 0.00495. The van der Waals surface area contributed by atoms with Crippen molar-refractivity contribution in [3.63, 3.8) is 0 Å². The lowest BCUT2D eigenvalue weighted by Gasteiger charge is -2.07. The molecule has 0 amide bonds. The van der Waals surface area contributed by atoms with Crippen molar-refractivity contribution in [2.45, 2.75) is 20.8 Å². The molecule has 1 aromatic heterocycles. The van der Waals surface area contributed by atoms with Crippen LogP contribution in [0.5, 0.6) is 0 Å². The van der Waals surface area contributed by atoms with Gasteiger partial charge in [-0.3, -0.25) is 4.79 Å². The van der Waals surface area contributed by atoms with Gasteiger partial charge in [0.05, 0.1) is 0 Å². The Labute approximate surface area is 136 Å². The van der Waals surface area contributed by atoms with Gasteiger partial charge in [0.2, 0.25) is 0 Å². The van der Waals surface area contributed by atoms with Crippen LogP contribution in [0.3, 0.4) is 0 Å². The summed E-state index contributed by atoms with van der Waals surface area (Å²) in [7, 11) is 0. The minimum absolute atomic E-state index is 0.00495. The molecule has 116 valence electrons. The summed E-state index contributed by atoms with van der Waals surface area (Å²) in [5.41, 5.74) is 6.07. The first kappa shape index (κ1) is 15.1. The van der Waals surface area contributed by atoms with Gasteiger partial charge in [-0.05, 0) is 44.5 Å². The molecule has 0 radical (unpaired) electrons. The number of aromatic amines is 1. The highest BCUT2D eigenvalue weighted by Gasteiger charge is 2.06.